The average molecular weight is 332 g/mol. The number of nitrogens with one attached hydrogen (secondary N) is 1. The van der Waals surface area contributed by atoms with Gasteiger partial charge in [0.05, 0.1) is 17.6 Å². The van der Waals surface area contributed by atoms with Crippen molar-refractivity contribution in [2.45, 2.75) is 13.8 Å². The maximum atomic E-state index is 12.4. The Balaban J connectivity index is 1.54. The van der Waals surface area contributed by atoms with Crippen molar-refractivity contribution in [2.75, 3.05) is 5.32 Å². The molecule has 0 aliphatic rings. The third-order valence-corrected chi connectivity index (χ3v) is 3.88. The Morgan fingerprint density at radius 1 is 1.16 bits per heavy atom. The highest BCUT2D eigenvalue weighted by Gasteiger charge is 2.11. The molecule has 0 spiro atoms. The van der Waals surface area contributed by atoms with E-state index in [0.717, 1.165) is 17.1 Å². The molecule has 1 amide bonds. The molecule has 1 aromatic carbocycles. The predicted octanol–water partition coefficient (Wildman–Crippen LogP) is 2.78. The van der Waals surface area contributed by atoms with Crippen molar-refractivity contribution in [3.05, 3.63) is 72.2 Å². The molecule has 4 rings (SSSR count). The zero-order valence-electron chi connectivity index (χ0n) is 13.8. The summed E-state index contributed by atoms with van der Waals surface area (Å²) >= 11 is 0. The van der Waals surface area contributed by atoms with E-state index in [1.165, 1.54) is 0 Å². The van der Waals surface area contributed by atoms with E-state index in [0.29, 0.717) is 17.0 Å². The summed E-state index contributed by atoms with van der Waals surface area (Å²) in [5.41, 5.74) is 4.65. The number of rotatable bonds is 3. The fraction of sp³-hybridized carbons (Fsp3) is 0.111. The van der Waals surface area contributed by atoms with Crippen LogP contribution in [0.4, 0.5) is 5.69 Å². The van der Waals surface area contributed by atoms with Crippen molar-refractivity contribution < 1.29 is 4.79 Å². The minimum Gasteiger partial charge on any atom is -0.321 e. The van der Waals surface area contributed by atoms with Crippen LogP contribution in [0.15, 0.2) is 55.1 Å². The van der Waals surface area contributed by atoms with E-state index < -0.39 is 0 Å². The molecule has 4 aromatic rings. The highest BCUT2D eigenvalue weighted by atomic mass is 16.1. The van der Waals surface area contributed by atoms with E-state index in [-0.39, 0.29) is 5.91 Å². The zero-order valence-corrected chi connectivity index (χ0v) is 13.8. The van der Waals surface area contributed by atoms with Crippen LogP contribution in [0.25, 0.3) is 11.3 Å². The summed E-state index contributed by atoms with van der Waals surface area (Å²) in [5, 5.41) is 7.31. The minimum atomic E-state index is -0.262. The quantitative estimate of drug-likeness (QED) is 0.626. The molecule has 0 saturated carbocycles. The Bertz CT molecular complexity index is 1030. The molecule has 3 aromatic heterocycles. The minimum absolute atomic E-state index is 0.262. The Morgan fingerprint density at radius 2 is 1.96 bits per heavy atom. The van der Waals surface area contributed by atoms with Crippen LogP contribution >= 0.6 is 0 Å². The molecule has 7 nitrogen and oxygen atoms in total. The number of nitrogens with zero attached hydrogens (tertiary/aromatic N) is 5. The lowest BCUT2D eigenvalue weighted by Gasteiger charge is -2.07. The molecule has 0 fully saturated rings. The summed E-state index contributed by atoms with van der Waals surface area (Å²) in [4.78, 5) is 20.6. The Kier molecular flexibility index (Phi) is 3.53. The first-order valence-corrected chi connectivity index (χ1v) is 7.84. The molecule has 0 unspecified atom stereocenters. The molecule has 0 atom stereocenters. The first-order chi connectivity index (χ1) is 12.1. The fourth-order valence-corrected chi connectivity index (χ4v) is 2.72. The normalized spacial score (nSPS) is 11.0. The molecule has 25 heavy (non-hydrogen) atoms. The van der Waals surface area contributed by atoms with E-state index >= 15 is 0 Å². The van der Waals surface area contributed by atoms with Gasteiger partial charge in [-0.3, -0.25) is 9.78 Å². The third-order valence-electron chi connectivity index (χ3n) is 3.88. The molecule has 7 heteroatoms. The lowest BCUT2D eigenvalue weighted by molar-refractivity contribution is 0.102. The molecule has 0 aliphatic carbocycles. The maximum Gasteiger partial charge on any atom is 0.275 e. The van der Waals surface area contributed by atoms with Gasteiger partial charge in [-0.1, -0.05) is 0 Å². The third kappa shape index (κ3) is 2.87. The van der Waals surface area contributed by atoms with E-state index in [9.17, 15) is 4.79 Å². The molecule has 0 bridgehead atoms. The van der Waals surface area contributed by atoms with Crippen LogP contribution in [0, 0.1) is 13.8 Å². The molecule has 0 aliphatic heterocycles. The summed E-state index contributed by atoms with van der Waals surface area (Å²) < 4.78 is 3.63. The van der Waals surface area contributed by atoms with Gasteiger partial charge in [-0.25, -0.2) is 9.67 Å². The number of fused-ring (bicyclic) bond motifs is 1. The molecular formula is C18H16N6O. The molecule has 1 N–H and O–H groups in total. The van der Waals surface area contributed by atoms with Crippen LogP contribution in [-0.4, -0.2) is 30.1 Å². The van der Waals surface area contributed by atoms with E-state index in [1.54, 1.807) is 29.2 Å². The standard InChI is InChI=1S/C18H16N6O/c1-12-9-13(2)24(22-12)15-5-3-14(4-6-15)20-18(25)16-11-23-8-7-19-10-17(23)21-16/h3-11H,1-2H3,(H,20,25). The van der Waals surface area contributed by atoms with Gasteiger partial charge >= 0.3 is 0 Å². The van der Waals surface area contributed by atoms with Crippen molar-refractivity contribution in [1.29, 1.82) is 0 Å². The number of hydrogen-bond acceptors (Lipinski definition) is 4. The molecular weight excluding hydrogens is 316 g/mol. The van der Waals surface area contributed by atoms with E-state index in [2.05, 4.69) is 20.4 Å². The highest BCUT2D eigenvalue weighted by Crippen LogP contribution is 2.16. The van der Waals surface area contributed by atoms with E-state index in [4.69, 9.17) is 0 Å². The number of carbonyl (C=O) groups is 1. The van der Waals surface area contributed by atoms with Gasteiger partial charge in [0.25, 0.3) is 5.91 Å². The lowest BCUT2D eigenvalue weighted by atomic mass is 10.2. The summed E-state index contributed by atoms with van der Waals surface area (Å²) in [6.45, 7) is 3.97. The van der Waals surface area contributed by atoms with Crippen LogP contribution < -0.4 is 5.32 Å². The van der Waals surface area contributed by atoms with Gasteiger partial charge in [0, 0.05) is 30.0 Å². The van der Waals surface area contributed by atoms with Crippen molar-refractivity contribution in [3.63, 3.8) is 0 Å². The largest absolute Gasteiger partial charge is 0.321 e. The smallest absolute Gasteiger partial charge is 0.275 e. The fourth-order valence-electron chi connectivity index (χ4n) is 2.72. The van der Waals surface area contributed by atoms with Gasteiger partial charge < -0.3 is 9.72 Å². The number of aryl methyl sites for hydroxylation is 2. The number of anilines is 1. The van der Waals surface area contributed by atoms with Gasteiger partial charge in [0.1, 0.15) is 5.69 Å². The van der Waals surface area contributed by atoms with Crippen molar-refractivity contribution in [3.8, 4) is 5.69 Å². The molecule has 3 heterocycles. The number of benzene rings is 1. The predicted molar refractivity (Wildman–Crippen MR) is 94.0 cm³/mol. The first kappa shape index (κ1) is 15.1. The monoisotopic (exact) mass is 332 g/mol. The summed E-state index contributed by atoms with van der Waals surface area (Å²) in [6, 6.07) is 9.56. The van der Waals surface area contributed by atoms with E-state index in [1.807, 2.05) is 48.9 Å². The van der Waals surface area contributed by atoms with Crippen molar-refractivity contribution >= 4 is 17.2 Å². The van der Waals surface area contributed by atoms with Crippen molar-refractivity contribution in [1.82, 2.24) is 24.1 Å². The second-order valence-electron chi connectivity index (χ2n) is 5.81. The summed E-state index contributed by atoms with van der Waals surface area (Å²) in [7, 11) is 0. The second kappa shape index (κ2) is 5.86. The van der Waals surface area contributed by atoms with Gasteiger partial charge in [0.2, 0.25) is 0 Å². The number of imidazole rings is 1. The topological polar surface area (TPSA) is 77.1 Å². The van der Waals surface area contributed by atoms with Gasteiger partial charge in [-0.15, -0.1) is 0 Å². The maximum absolute atomic E-state index is 12.4. The van der Waals surface area contributed by atoms with Crippen molar-refractivity contribution in [2.24, 2.45) is 0 Å². The number of carbonyl (C=O) groups excluding carboxylic acids is 1. The lowest BCUT2D eigenvalue weighted by Crippen LogP contribution is -2.12. The summed E-state index contributed by atoms with van der Waals surface area (Å²) in [5.74, 6) is -0.262. The molecule has 124 valence electrons. The molecule has 0 radical (unpaired) electrons. The number of hydrogen-bond donors (Lipinski definition) is 1. The zero-order chi connectivity index (χ0) is 17.4. The summed E-state index contributed by atoms with van der Waals surface area (Å²) in [6.07, 6.45) is 6.69. The molecule has 0 saturated heterocycles. The van der Waals surface area contributed by atoms with Crippen LogP contribution in [-0.2, 0) is 0 Å². The Hall–Kier alpha value is -3.48. The second-order valence-corrected chi connectivity index (χ2v) is 5.81. The van der Waals surface area contributed by atoms with Gasteiger partial charge in [0.15, 0.2) is 5.65 Å². The Morgan fingerprint density at radius 3 is 2.64 bits per heavy atom. The highest BCUT2D eigenvalue weighted by molar-refractivity contribution is 6.03. The Labute approximate surface area is 144 Å². The van der Waals surface area contributed by atoms with Crippen LogP contribution in [0.2, 0.25) is 0 Å². The number of aromatic nitrogens is 5. The van der Waals surface area contributed by atoms with Crippen LogP contribution in [0.1, 0.15) is 21.9 Å². The average Bonchev–Trinajstić information content (AvgIpc) is 3.18. The van der Waals surface area contributed by atoms with Crippen LogP contribution in [0.5, 0.6) is 0 Å². The SMILES string of the molecule is Cc1cc(C)n(-c2ccc(NC(=O)c3cn4ccncc4n3)cc2)n1. The number of amides is 1. The van der Waals surface area contributed by atoms with Crippen LogP contribution in [0.3, 0.4) is 0 Å². The first-order valence-electron chi connectivity index (χ1n) is 7.84. The van der Waals surface area contributed by atoms with Gasteiger partial charge in [-0.2, -0.15) is 5.10 Å². The van der Waals surface area contributed by atoms with Gasteiger partial charge in [-0.05, 0) is 44.2 Å².